The van der Waals surface area contributed by atoms with Gasteiger partial charge in [0, 0.05) is 12.6 Å². The Bertz CT molecular complexity index is 474. The van der Waals surface area contributed by atoms with Crippen LogP contribution in [-0.4, -0.2) is 39.5 Å². The first kappa shape index (κ1) is 12.8. The summed E-state index contributed by atoms with van der Waals surface area (Å²) in [5, 5.41) is 8.95. The van der Waals surface area contributed by atoms with Gasteiger partial charge in [-0.15, -0.1) is 0 Å². The van der Waals surface area contributed by atoms with E-state index in [0.717, 1.165) is 12.8 Å². The first-order valence-corrected chi connectivity index (χ1v) is 6.11. The third-order valence-corrected chi connectivity index (χ3v) is 2.96. The topological polar surface area (TPSA) is 70.5 Å². The van der Waals surface area contributed by atoms with E-state index in [4.69, 9.17) is 16.7 Å². The molecular formula is C12H13ClN2O3. The fourth-order valence-corrected chi connectivity index (χ4v) is 1.89. The molecule has 96 valence electrons. The fraction of sp³-hybridized carbons (Fsp3) is 0.417. The lowest BCUT2D eigenvalue weighted by atomic mass is 10.3. The molecule has 0 bridgehead atoms. The zero-order chi connectivity index (χ0) is 13.1. The van der Waals surface area contributed by atoms with Crippen LogP contribution in [0.2, 0.25) is 5.15 Å². The number of aliphatic carboxylic acids is 1. The quantitative estimate of drug-likeness (QED) is 0.827. The van der Waals surface area contributed by atoms with Crippen molar-refractivity contribution in [2.24, 2.45) is 0 Å². The molecule has 1 fully saturated rings. The van der Waals surface area contributed by atoms with Gasteiger partial charge in [0.15, 0.2) is 0 Å². The summed E-state index contributed by atoms with van der Waals surface area (Å²) >= 11 is 5.74. The predicted octanol–water partition coefficient (Wildman–Crippen LogP) is 1.81. The highest BCUT2D eigenvalue weighted by Crippen LogP contribution is 2.28. The van der Waals surface area contributed by atoms with Crippen LogP contribution in [0.25, 0.3) is 0 Å². The highest BCUT2D eigenvalue weighted by Gasteiger charge is 2.33. The summed E-state index contributed by atoms with van der Waals surface area (Å²) in [5.41, 5.74) is 0.264. The van der Waals surface area contributed by atoms with Crippen LogP contribution in [0.1, 0.15) is 29.8 Å². The van der Waals surface area contributed by atoms with E-state index in [0.29, 0.717) is 0 Å². The number of halogens is 1. The molecule has 1 aromatic heterocycles. The smallest absolute Gasteiger partial charge is 0.305 e. The molecule has 0 aliphatic heterocycles. The third kappa shape index (κ3) is 3.20. The number of aromatic nitrogens is 1. The standard InChI is InChI=1S/C12H13ClN2O3/c13-10-3-1-2-9(14-10)12(18)15(8-4-5-8)7-6-11(16)17/h1-3,8H,4-7H2,(H,16,17). The van der Waals surface area contributed by atoms with Crippen molar-refractivity contribution in [3.8, 4) is 0 Å². The largest absolute Gasteiger partial charge is 0.481 e. The number of hydrogen-bond acceptors (Lipinski definition) is 3. The number of carboxylic acid groups (broad SMARTS) is 1. The van der Waals surface area contributed by atoms with Crippen LogP contribution in [0.4, 0.5) is 0 Å². The lowest BCUT2D eigenvalue weighted by Gasteiger charge is -2.21. The molecule has 0 saturated heterocycles. The van der Waals surface area contributed by atoms with Gasteiger partial charge < -0.3 is 10.0 Å². The van der Waals surface area contributed by atoms with Crippen LogP contribution in [0, 0.1) is 0 Å². The van der Waals surface area contributed by atoms with E-state index in [1.807, 2.05) is 0 Å². The molecule has 1 aliphatic rings. The highest BCUT2D eigenvalue weighted by molar-refractivity contribution is 6.29. The van der Waals surface area contributed by atoms with Gasteiger partial charge in [0.1, 0.15) is 10.8 Å². The summed E-state index contributed by atoms with van der Waals surface area (Å²) in [4.78, 5) is 28.3. The second-order valence-corrected chi connectivity index (χ2v) is 4.61. The Hall–Kier alpha value is -1.62. The molecule has 1 N–H and O–H groups in total. The van der Waals surface area contributed by atoms with Gasteiger partial charge in [0.2, 0.25) is 0 Å². The Labute approximate surface area is 109 Å². The van der Waals surface area contributed by atoms with Crippen molar-refractivity contribution in [1.29, 1.82) is 0 Å². The molecule has 5 nitrogen and oxygen atoms in total. The number of pyridine rings is 1. The summed E-state index contributed by atoms with van der Waals surface area (Å²) in [7, 11) is 0. The van der Waals surface area contributed by atoms with Crippen molar-refractivity contribution < 1.29 is 14.7 Å². The van der Waals surface area contributed by atoms with E-state index >= 15 is 0 Å². The molecule has 1 heterocycles. The number of nitrogens with zero attached hydrogens (tertiary/aromatic N) is 2. The molecule has 0 spiro atoms. The van der Waals surface area contributed by atoms with E-state index in [9.17, 15) is 9.59 Å². The van der Waals surface area contributed by atoms with Crippen molar-refractivity contribution in [1.82, 2.24) is 9.88 Å². The molecule has 0 atom stereocenters. The molecule has 0 aromatic carbocycles. The summed E-state index contributed by atoms with van der Waals surface area (Å²) in [5.74, 6) is -1.16. The minimum Gasteiger partial charge on any atom is -0.481 e. The predicted molar refractivity (Wildman–Crippen MR) is 65.6 cm³/mol. The summed E-state index contributed by atoms with van der Waals surface area (Å²) in [6.45, 7) is 0.215. The molecule has 0 unspecified atom stereocenters. The van der Waals surface area contributed by atoms with Crippen LogP contribution >= 0.6 is 11.6 Å². The maximum absolute atomic E-state index is 12.2. The minimum atomic E-state index is -0.910. The first-order chi connectivity index (χ1) is 8.58. The number of carbonyl (C=O) groups is 2. The van der Waals surface area contributed by atoms with E-state index in [2.05, 4.69) is 4.98 Å². The van der Waals surface area contributed by atoms with Gasteiger partial charge in [0.05, 0.1) is 6.42 Å². The van der Waals surface area contributed by atoms with Crippen molar-refractivity contribution in [2.75, 3.05) is 6.54 Å². The normalized spacial score (nSPS) is 14.3. The maximum Gasteiger partial charge on any atom is 0.305 e. The van der Waals surface area contributed by atoms with Gasteiger partial charge in [-0.3, -0.25) is 9.59 Å². The highest BCUT2D eigenvalue weighted by atomic mass is 35.5. The average molecular weight is 269 g/mol. The number of amides is 1. The molecule has 1 aromatic rings. The van der Waals surface area contributed by atoms with Gasteiger partial charge in [-0.05, 0) is 25.0 Å². The molecule has 18 heavy (non-hydrogen) atoms. The number of carboxylic acids is 1. The van der Waals surface area contributed by atoms with Gasteiger partial charge in [-0.25, -0.2) is 4.98 Å². The van der Waals surface area contributed by atoms with E-state index in [-0.39, 0.29) is 35.8 Å². The second kappa shape index (κ2) is 5.35. The summed E-state index contributed by atoms with van der Waals surface area (Å²) in [6.07, 6.45) is 1.79. The number of rotatable bonds is 5. The van der Waals surface area contributed by atoms with Crippen LogP contribution in [0.3, 0.4) is 0 Å². The van der Waals surface area contributed by atoms with Crippen molar-refractivity contribution >= 4 is 23.5 Å². The SMILES string of the molecule is O=C(O)CCN(C(=O)c1cccc(Cl)n1)C1CC1. The molecule has 1 amide bonds. The molecule has 1 saturated carbocycles. The van der Waals surface area contributed by atoms with Gasteiger partial charge in [-0.1, -0.05) is 17.7 Å². The van der Waals surface area contributed by atoms with Gasteiger partial charge >= 0.3 is 5.97 Å². The van der Waals surface area contributed by atoms with Gasteiger partial charge in [0.25, 0.3) is 5.91 Å². The number of carbonyl (C=O) groups excluding carboxylic acids is 1. The zero-order valence-corrected chi connectivity index (χ0v) is 10.4. The van der Waals surface area contributed by atoms with Crippen LogP contribution in [0.15, 0.2) is 18.2 Å². The second-order valence-electron chi connectivity index (χ2n) is 4.22. The summed E-state index contributed by atoms with van der Waals surface area (Å²) in [6, 6.07) is 4.99. The van der Waals surface area contributed by atoms with E-state index in [1.165, 1.54) is 0 Å². The van der Waals surface area contributed by atoms with Crippen LogP contribution in [-0.2, 0) is 4.79 Å². The lowest BCUT2D eigenvalue weighted by molar-refractivity contribution is -0.137. The van der Waals surface area contributed by atoms with Gasteiger partial charge in [-0.2, -0.15) is 0 Å². The van der Waals surface area contributed by atoms with Crippen molar-refractivity contribution in [3.63, 3.8) is 0 Å². The Balaban J connectivity index is 2.10. The molecule has 1 aliphatic carbocycles. The third-order valence-electron chi connectivity index (χ3n) is 2.75. The Kier molecular flexibility index (Phi) is 3.81. The van der Waals surface area contributed by atoms with Crippen LogP contribution in [0.5, 0.6) is 0 Å². The summed E-state index contributed by atoms with van der Waals surface area (Å²) < 4.78 is 0. The Morgan fingerprint density at radius 2 is 2.17 bits per heavy atom. The number of hydrogen-bond donors (Lipinski definition) is 1. The average Bonchev–Trinajstić information content (AvgIpc) is 3.13. The maximum atomic E-state index is 12.2. The van der Waals surface area contributed by atoms with Crippen molar-refractivity contribution in [3.05, 3.63) is 29.0 Å². The molecule has 6 heteroatoms. The Morgan fingerprint density at radius 3 is 2.72 bits per heavy atom. The molecule has 0 radical (unpaired) electrons. The monoisotopic (exact) mass is 268 g/mol. The van der Waals surface area contributed by atoms with E-state index < -0.39 is 5.97 Å². The van der Waals surface area contributed by atoms with Crippen LogP contribution < -0.4 is 0 Å². The minimum absolute atomic E-state index is 0.0528. The van der Waals surface area contributed by atoms with E-state index in [1.54, 1.807) is 23.1 Å². The zero-order valence-electron chi connectivity index (χ0n) is 9.67. The fourth-order valence-electron chi connectivity index (χ4n) is 1.73. The lowest BCUT2D eigenvalue weighted by Crippen LogP contribution is -2.35. The first-order valence-electron chi connectivity index (χ1n) is 5.73. The molecular weight excluding hydrogens is 256 g/mol. The van der Waals surface area contributed by atoms with Crippen molar-refractivity contribution in [2.45, 2.75) is 25.3 Å². The molecule has 2 rings (SSSR count). The Morgan fingerprint density at radius 1 is 1.44 bits per heavy atom.